The monoisotopic (exact) mass is 266 g/mol. The number of piperazine rings is 1. The largest absolute Gasteiger partial charge is 0.309 e. The fourth-order valence-electron chi connectivity index (χ4n) is 4.03. The van der Waals surface area contributed by atoms with E-state index in [1.54, 1.807) is 0 Å². The van der Waals surface area contributed by atoms with Crippen LogP contribution >= 0.6 is 0 Å². The summed E-state index contributed by atoms with van der Waals surface area (Å²) in [5, 5.41) is 3.75. The van der Waals surface area contributed by atoms with E-state index >= 15 is 0 Å². The fraction of sp³-hybridized carbons (Fsp3) is 1.00. The maximum Gasteiger partial charge on any atom is 0.0278 e. The van der Waals surface area contributed by atoms with E-state index in [9.17, 15) is 0 Å². The molecular formula is C17H34N2. The molecule has 112 valence electrons. The first kappa shape index (κ1) is 15.3. The zero-order chi connectivity index (χ0) is 13.9. The molecule has 2 fully saturated rings. The van der Waals surface area contributed by atoms with Gasteiger partial charge in [-0.05, 0) is 51.9 Å². The maximum atomic E-state index is 3.75. The van der Waals surface area contributed by atoms with Gasteiger partial charge in [-0.3, -0.25) is 4.90 Å². The van der Waals surface area contributed by atoms with Crippen LogP contribution in [0.4, 0.5) is 0 Å². The molecule has 0 bridgehead atoms. The molecule has 2 atom stereocenters. The zero-order valence-corrected chi connectivity index (χ0v) is 13.5. The van der Waals surface area contributed by atoms with Gasteiger partial charge < -0.3 is 5.32 Å². The number of hydrogen-bond donors (Lipinski definition) is 1. The lowest BCUT2D eigenvalue weighted by Crippen LogP contribution is -2.64. The molecule has 2 unspecified atom stereocenters. The van der Waals surface area contributed by atoms with Gasteiger partial charge in [0.05, 0.1) is 0 Å². The molecule has 0 radical (unpaired) electrons. The summed E-state index contributed by atoms with van der Waals surface area (Å²) in [5.74, 6) is 1.03. The Morgan fingerprint density at radius 3 is 2.42 bits per heavy atom. The van der Waals surface area contributed by atoms with E-state index in [1.807, 2.05) is 0 Å². The van der Waals surface area contributed by atoms with Crippen LogP contribution in [0.15, 0.2) is 0 Å². The van der Waals surface area contributed by atoms with Gasteiger partial charge in [-0.15, -0.1) is 0 Å². The molecular weight excluding hydrogens is 232 g/mol. The molecule has 2 heteroatoms. The lowest BCUT2D eigenvalue weighted by molar-refractivity contribution is 0.0310. The van der Waals surface area contributed by atoms with Crippen molar-refractivity contribution in [3.8, 4) is 0 Å². The van der Waals surface area contributed by atoms with Gasteiger partial charge in [0.25, 0.3) is 0 Å². The highest BCUT2D eigenvalue weighted by Gasteiger charge is 2.37. The minimum Gasteiger partial charge on any atom is -0.309 e. The van der Waals surface area contributed by atoms with Crippen molar-refractivity contribution in [3.63, 3.8) is 0 Å². The van der Waals surface area contributed by atoms with Crippen LogP contribution in [0.3, 0.4) is 0 Å². The van der Waals surface area contributed by atoms with Crippen LogP contribution in [0.1, 0.15) is 72.6 Å². The van der Waals surface area contributed by atoms with Crippen molar-refractivity contribution < 1.29 is 0 Å². The molecule has 19 heavy (non-hydrogen) atoms. The van der Waals surface area contributed by atoms with Crippen LogP contribution in [0.25, 0.3) is 0 Å². The second kappa shape index (κ2) is 6.58. The Morgan fingerprint density at radius 1 is 1.16 bits per heavy atom. The van der Waals surface area contributed by atoms with Crippen LogP contribution in [0, 0.1) is 5.92 Å². The third-order valence-electron chi connectivity index (χ3n) is 5.68. The van der Waals surface area contributed by atoms with Gasteiger partial charge in [0.2, 0.25) is 0 Å². The van der Waals surface area contributed by atoms with E-state index in [4.69, 9.17) is 0 Å². The third kappa shape index (κ3) is 3.72. The molecule has 1 saturated carbocycles. The predicted molar refractivity (Wildman–Crippen MR) is 83.5 cm³/mol. The van der Waals surface area contributed by atoms with E-state index in [0.717, 1.165) is 12.0 Å². The van der Waals surface area contributed by atoms with Gasteiger partial charge in [0.1, 0.15) is 0 Å². The average Bonchev–Trinajstić information content (AvgIpc) is 2.43. The van der Waals surface area contributed by atoms with Crippen molar-refractivity contribution in [1.29, 1.82) is 0 Å². The van der Waals surface area contributed by atoms with Crippen molar-refractivity contribution in [1.82, 2.24) is 10.2 Å². The second-order valence-corrected chi connectivity index (χ2v) is 7.28. The Labute approximate surface area is 120 Å². The third-order valence-corrected chi connectivity index (χ3v) is 5.68. The second-order valence-electron chi connectivity index (χ2n) is 7.28. The van der Waals surface area contributed by atoms with Crippen LogP contribution in [-0.2, 0) is 0 Å². The first-order chi connectivity index (χ1) is 9.08. The molecule has 2 aliphatic rings. The first-order valence-corrected chi connectivity index (χ1v) is 8.58. The van der Waals surface area contributed by atoms with Crippen molar-refractivity contribution >= 4 is 0 Å². The number of rotatable bonds is 4. The molecule has 1 saturated heterocycles. The van der Waals surface area contributed by atoms with E-state index in [0.29, 0.717) is 11.6 Å². The molecule has 1 aliphatic heterocycles. The van der Waals surface area contributed by atoms with Crippen LogP contribution < -0.4 is 5.32 Å². The predicted octanol–water partition coefficient (Wildman–Crippen LogP) is 3.81. The first-order valence-electron chi connectivity index (χ1n) is 8.58. The fourth-order valence-corrected chi connectivity index (χ4v) is 4.03. The summed E-state index contributed by atoms with van der Waals surface area (Å²) in [6, 6.07) is 1.57. The minimum absolute atomic E-state index is 0.340. The Hall–Kier alpha value is -0.0800. The highest BCUT2D eigenvalue weighted by atomic mass is 15.3. The summed E-state index contributed by atoms with van der Waals surface area (Å²) in [5.41, 5.74) is 0.340. The highest BCUT2D eigenvalue weighted by molar-refractivity contribution is 4.96. The van der Waals surface area contributed by atoms with E-state index in [1.165, 1.54) is 58.0 Å². The molecule has 2 nitrogen and oxygen atoms in total. The molecule has 2 rings (SSSR count). The topological polar surface area (TPSA) is 15.3 Å². The summed E-state index contributed by atoms with van der Waals surface area (Å²) in [4.78, 5) is 2.82. The smallest absolute Gasteiger partial charge is 0.0278 e. The van der Waals surface area contributed by atoms with Gasteiger partial charge in [-0.2, -0.15) is 0 Å². The van der Waals surface area contributed by atoms with Crippen molar-refractivity contribution in [2.24, 2.45) is 5.92 Å². The number of hydrogen-bond acceptors (Lipinski definition) is 2. The summed E-state index contributed by atoms with van der Waals surface area (Å²) in [6.45, 7) is 11.9. The average molecular weight is 266 g/mol. The van der Waals surface area contributed by atoms with Gasteiger partial charge in [0, 0.05) is 30.7 Å². The number of nitrogens with one attached hydrogen (secondary N) is 1. The molecule has 0 aromatic carbocycles. The van der Waals surface area contributed by atoms with E-state index in [-0.39, 0.29) is 0 Å². The van der Waals surface area contributed by atoms with Crippen molar-refractivity contribution in [2.75, 3.05) is 13.1 Å². The quantitative estimate of drug-likeness (QED) is 0.832. The van der Waals surface area contributed by atoms with Gasteiger partial charge in [-0.25, -0.2) is 0 Å². The lowest BCUT2D eigenvalue weighted by Gasteiger charge is -2.49. The minimum atomic E-state index is 0.340. The Morgan fingerprint density at radius 2 is 1.84 bits per heavy atom. The summed E-state index contributed by atoms with van der Waals surface area (Å²) in [6.07, 6.45) is 9.88. The maximum absolute atomic E-state index is 3.75. The van der Waals surface area contributed by atoms with Crippen LogP contribution in [-0.4, -0.2) is 35.6 Å². The molecule has 0 aromatic rings. The Kier molecular flexibility index (Phi) is 5.30. The Bertz CT molecular complexity index is 270. The molecule has 0 spiro atoms. The zero-order valence-electron chi connectivity index (χ0n) is 13.5. The summed E-state index contributed by atoms with van der Waals surface area (Å²) in [7, 11) is 0. The van der Waals surface area contributed by atoms with Crippen LogP contribution in [0.2, 0.25) is 0 Å². The molecule has 0 aromatic heterocycles. The Balaban J connectivity index is 1.90. The van der Waals surface area contributed by atoms with E-state index in [2.05, 4.69) is 37.9 Å². The molecule has 1 heterocycles. The highest BCUT2D eigenvalue weighted by Crippen LogP contribution is 2.33. The SMILES string of the molecule is CCCC1CCC(N2CC(C)(CC)NCC2C)CC1. The van der Waals surface area contributed by atoms with Gasteiger partial charge >= 0.3 is 0 Å². The molecule has 0 amide bonds. The molecule has 1 aliphatic carbocycles. The normalized spacial score (nSPS) is 41.4. The summed E-state index contributed by atoms with van der Waals surface area (Å²) < 4.78 is 0. The number of nitrogens with zero attached hydrogens (tertiary/aromatic N) is 1. The molecule has 1 N–H and O–H groups in total. The lowest BCUT2D eigenvalue weighted by atomic mass is 9.81. The van der Waals surface area contributed by atoms with E-state index < -0.39 is 0 Å². The van der Waals surface area contributed by atoms with Gasteiger partial charge in [0.15, 0.2) is 0 Å². The van der Waals surface area contributed by atoms with Crippen molar-refractivity contribution in [3.05, 3.63) is 0 Å². The van der Waals surface area contributed by atoms with Crippen LogP contribution in [0.5, 0.6) is 0 Å². The standard InChI is InChI=1S/C17H34N2/c1-5-7-15-8-10-16(11-9-15)19-13-17(4,6-2)18-12-14(19)3/h14-16,18H,5-13H2,1-4H3. The summed E-state index contributed by atoms with van der Waals surface area (Å²) >= 11 is 0. The van der Waals surface area contributed by atoms with Gasteiger partial charge in [-0.1, -0.05) is 26.7 Å². The van der Waals surface area contributed by atoms with Crippen molar-refractivity contribution in [2.45, 2.75) is 90.3 Å².